The van der Waals surface area contributed by atoms with Gasteiger partial charge in [0.05, 0.1) is 16.3 Å². The number of hydrogen-bond acceptors (Lipinski definition) is 5. The number of thiocarbonyl (C=S) groups is 1. The summed E-state index contributed by atoms with van der Waals surface area (Å²) in [7, 11) is 0. The first kappa shape index (κ1) is 21.2. The molecule has 150 valence electrons. The number of benzene rings is 2. The lowest BCUT2D eigenvalue weighted by Gasteiger charge is -1.98. The molecule has 3 aromatic rings. The van der Waals surface area contributed by atoms with Gasteiger partial charge >= 0.3 is 0 Å². The van der Waals surface area contributed by atoms with Gasteiger partial charge in [-0.2, -0.15) is 5.10 Å². The third-order valence-corrected chi connectivity index (χ3v) is 5.64. The maximum Gasteiger partial charge on any atom is 0.211 e. The van der Waals surface area contributed by atoms with E-state index in [1.807, 2.05) is 62.4 Å². The van der Waals surface area contributed by atoms with Crippen molar-refractivity contribution in [1.82, 2.24) is 4.98 Å². The lowest BCUT2D eigenvalue weighted by molar-refractivity contribution is 1.19. The van der Waals surface area contributed by atoms with Crippen molar-refractivity contribution < 1.29 is 0 Å². The number of hydrogen-bond donors (Lipinski definition) is 3. The number of rotatable bonds is 4. The minimum Gasteiger partial charge on any atom is -0.389 e. The number of guanidine groups is 1. The molecule has 0 fully saturated rings. The van der Waals surface area contributed by atoms with E-state index in [1.54, 1.807) is 11.3 Å². The Balaban J connectivity index is 1.78. The van der Waals surface area contributed by atoms with Gasteiger partial charge < -0.3 is 17.2 Å². The molecule has 3 rings (SSSR count). The minimum atomic E-state index is -0.0766. The molecule has 0 unspecified atom stereocenters. The van der Waals surface area contributed by atoms with Crippen molar-refractivity contribution in [2.75, 3.05) is 0 Å². The zero-order valence-electron chi connectivity index (χ0n) is 16.5. The molecule has 0 radical (unpaired) electrons. The van der Waals surface area contributed by atoms with E-state index in [9.17, 15) is 0 Å². The second-order valence-corrected chi connectivity index (χ2v) is 7.85. The van der Waals surface area contributed by atoms with E-state index in [2.05, 4.69) is 27.0 Å². The van der Waals surface area contributed by atoms with Crippen molar-refractivity contribution in [2.45, 2.75) is 13.8 Å². The molecule has 6 N–H and O–H groups in total. The highest BCUT2D eigenvalue weighted by Gasteiger charge is 2.12. The van der Waals surface area contributed by atoms with E-state index in [4.69, 9.17) is 29.4 Å². The SMILES string of the molecule is C/C(=N\N=C(N)N)c1sc(-c2ccc(C#Cc3ccc(C(N)=S)cc3)cc2)nc1C. The van der Waals surface area contributed by atoms with Gasteiger partial charge in [0.25, 0.3) is 0 Å². The number of aryl methyl sites for hydroxylation is 1. The van der Waals surface area contributed by atoms with Crippen LogP contribution in [0.3, 0.4) is 0 Å². The Labute approximate surface area is 184 Å². The Bertz CT molecular complexity index is 1190. The molecule has 0 bridgehead atoms. The summed E-state index contributed by atoms with van der Waals surface area (Å²) in [4.78, 5) is 5.97. The van der Waals surface area contributed by atoms with Crippen molar-refractivity contribution in [3.63, 3.8) is 0 Å². The Morgan fingerprint density at radius 3 is 2.03 bits per heavy atom. The third-order valence-electron chi connectivity index (χ3n) is 4.09. The zero-order valence-corrected chi connectivity index (χ0v) is 18.1. The first-order valence-electron chi connectivity index (χ1n) is 8.97. The summed E-state index contributed by atoms with van der Waals surface area (Å²) in [5, 5.41) is 8.64. The predicted octanol–water partition coefficient (Wildman–Crippen LogP) is 3.15. The Morgan fingerprint density at radius 2 is 1.50 bits per heavy atom. The number of thiazole rings is 1. The largest absolute Gasteiger partial charge is 0.389 e. The van der Waals surface area contributed by atoms with Gasteiger partial charge in [0, 0.05) is 22.3 Å². The predicted molar refractivity (Wildman–Crippen MR) is 129 cm³/mol. The molecule has 0 aliphatic carbocycles. The molecule has 0 atom stereocenters. The van der Waals surface area contributed by atoms with E-state index in [1.165, 1.54) is 0 Å². The number of nitrogens with two attached hydrogens (primary N) is 3. The van der Waals surface area contributed by atoms with Crippen molar-refractivity contribution in [3.05, 3.63) is 75.8 Å². The number of nitrogens with zero attached hydrogens (tertiary/aromatic N) is 3. The van der Waals surface area contributed by atoms with Crippen molar-refractivity contribution in [2.24, 2.45) is 27.4 Å². The molecule has 0 amide bonds. The lowest BCUT2D eigenvalue weighted by atomic mass is 10.1. The van der Waals surface area contributed by atoms with Crippen molar-refractivity contribution >= 4 is 40.2 Å². The van der Waals surface area contributed by atoms with Crippen LogP contribution >= 0.6 is 23.6 Å². The molecule has 0 aliphatic heterocycles. The summed E-state index contributed by atoms with van der Waals surface area (Å²) >= 11 is 6.50. The summed E-state index contributed by atoms with van der Waals surface area (Å²) in [5.74, 6) is 6.23. The topological polar surface area (TPSA) is 116 Å². The van der Waals surface area contributed by atoms with Gasteiger partial charge in [0.2, 0.25) is 5.96 Å². The molecule has 0 aliphatic rings. The Hall–Kier alpha value is -3.54. The molecule has 30 heavy (non-hydrogen) atoms. The molecule has 1 aromatic heterocycles. The summed E-state index contributed by atoms with van der Waals surface area (Å²) in [6.07, 6.45) is 0. The van der Waals surface area contributed by atoms with Crippen LogP contribution in [0.25, 0.3) is 10.6 Å². The van der Waals surface area contributed by atoms with E-state index in [0.29, 0.717) is 10.7 Å². The number of aromatic nitrogens is 1. The van der Waals surface area contributed by atoms with E-state index < -0.39 is 0 Å². The van der Waals surface area contributed by atoms with Gasteiger partial charge in [-0.05, 0) is 38.1 Å². The van der Waals surface area contributed by atoms with Crippen LogP contribution in [0.4, 0.5) is 0 Å². The monoisotopic (exact) mass is 432 g/mol. The minimum absolute atomic E-state index is 0.0766. The summed E-state index contributed by atoms with van der Waals surface area (Å²) in [6.45, 7) is 3.79. The van der Waals surface area contributed by atoms with Crippen LogP contribution in [0.2, 0.25) is 0 Å². The average Bonchev–Trinajstić information content (AvgIpc) is 3.13. The Morgan fingerprint density at radius 1 is 0.933 bits per heavy atom. The first-order chi connectivity index (χ1) is 14.3. The molecule has 6 nitrogen and oxygen atoms in total. The second-order valence-electron chi connectivity index (χ2n) is 6.41. The van der Waals surface area contributed by atoms with Crippen LogP contribution in [0.5, 0.6) is 0 Å². The highest BCUT2D eigenvalue weighted by atomic mass is 32.1. The van der Waals surface area contributed by atoms with Crippen LogP contribution in [-0.4, -0.2) is 21.6 Å². The van der Waals surface area contributed by atoms with E-state index >= 15 is 0 Å². The molecular formula is C22H20N6S2. The van der Waals surface area contributed by atoms with E-state index in [0.717, 1.165) is 37.8 Å². The first-order valence-corrected chi connectivity index (χ1v) is 10.2. The fourth-order valence-electron chi connectivity index (χ4n) is 2.59. The van der Waals surface area contributed by atoms with Crippen LogP contribution in [0, 0.1) is 18.8 Å². The average molecular weight is 433 g/mol. The van der Waals surface area contributed by atoms with Crippen molar-refractivity contribution in [3.8, 4) is 22.4 Å². The van der Waals surface area contributed by atoms with Crippen molar-refractivity contribution in [1.29, 1.82) is 0 Å². The fraction of sp³-hybridized carbons (Fsp3) is 0.0909. The summed E-state index contributed by atoms with van der Waals surface area (Å²) in [6, 6.07) is 15.5. The highest BCUT2D eigenvalue weighted by Crippen LogP contribution is 2.28. The van der Waals surface area contributed by atoms with Crippen LogP contribution in [0.15, 0.2) is 58.7 Å². The van der Waals surface area contributed by atoms with Crippen LogP contribution in [0.1, 0.15) is 34.2 Å². The van der Waals surface area contributed by atoms with E-state index in [-0.39, 0.29) is 5.96 Å². The summed E-state index contributed by atoms with van der Waals surface area (Å²) < 4.78 is 0. The molecule has 0 saturated heterocycles. The maximum absolute atomic E-state index is 5.61. The standard InChI is InChI=1S/C22H20N6S2/c1-13-19(14(2)27-28-22(24)25)30-21(26-13)18-11-7-16(8-12-18)4-3-15-5-9-17(10-6-15)20(23)29/h5-12H,1-2H3,(H2,23,29)(H4,24,25,28)/b27-14+. The van der Waals surface area contributed by atoms with Gasteiger partial charge in [0.1, 0.15) is 10.00 Å². The quantitative estimate of drug-likeness (QED) is 0.193. The Kier molecular flexibility index (Phi) is 6.57. The lowest BCUT2D eigenvalue weighted by Crippen LogP contribution is -2.22. The van der Waals surface area contributed by atoms with Gasteiger partial charge in [-0.1, -0.05) is 48.3 Å². The molecule has 0 spiro atoms. The molecule has 0 saturated carbocycles. The molecule has 1 heterocycles. The fourth-order valence-corrected chi connectivity index (χ4v) is 3.74. The van der Waals surface area contributed by atoms with Gasteiger partial charge in [-0.25, -0.2) is 4.98 Å². The second kappa shape index (κ2) is 9.31. The van der Waals surface area contributed by atoms with Gasteiger partial charge in [-0.3, -0.25) is 0 Å². The summed E-state index contributed by atoms with van der Waals surface area (Å²) in [5.41, 5.74) is 21.5. The smallest absolute Gasteiger partial charge is 0.211 e. The highest BCUT2D eigenvalue weighted by molar-refractivity contribution is 7.80. The normalized spacial score (nSPS) is 10.8. The molecular weight excluding hydrogens is 412 g/mol. The molecule has 2 aromatic carbocycles. The van der Waals surface area contributed by atoms with Crippen LogP contribution in [-0.2, 0) is 0 Å². The third kappa shape index (κ3) is 5.29. The zero-order chi connectivity index (χ0) is 21.7. The van der Waals surface area contributed by atoms with Crippen LogP contribution < -0.4 is 17.2 Å². The maximum atomic E-state index is 5.61. The molecule has 8 heteroatoms. The van der Waals surface area contributed by atoms with Gasteiger partial charge in [0.15, 0.2) is 0 Å². The van der Waals surface area contributed by atoms with Gasteiger partial charge in [-0.15, -0.1) is 16.4 Å².